The van der Waals surface area contributed by atoms with E-state index in [4.69, 9.17) is 9.84 Å². The summed E-state index contributed by atoms with van der Waals surface area (Å²) in [5.41, 5.74) is 5.47. The molecule has 2 aromatic heterocycles. The smallest absolute Gasteiger partial charge is 0.118 e. The SMILES string of the molecule is COc1ccc(-c2nn3ccccc3c2-c2ccccc2)cc1. The van der Waals surface area contributed by atoms with E-state index >= 15 is 0 Å². The maximum atomic E-state index is 5.25. The molecule has 3 nitrogen and oxygen atoms in total. The van der Waals surface area contributed by atoms with Crippen molar-refractivity contribution in [3.05, 3.63) is 79.0 Å². The Labute approximate surface area is 134 Å². The van der Waals surface area contributed by atoms with Crippen LogP contribution >= 0.6 is 0 Å². The topological polar surface area (TPSA) is 26.5 Å². The van der Waals surface area contributed by atoms with E-state index in [1.54, 1.807) is 7.11 Å². The van der Waals surface area contributed by atoms with Gasteiger partial charge in [-0.2, -0.15) is 5.10 Å². The average Bonchev–Trinajstić information content (AvgIpc) is 3.02. The fourth-order valence-electron chi connectivity index (χ4n) is 2.84. The molecule has 0 unspecified atom stereocenters. The van der Waals surface area contributed by atoms with Crippen LogP contribution in [0.2, 0.25) is 0 Å². The van der Waals surface area contributed by atoms with Gasteiger partial charge >= 0.3 is 0 Å². The normalized spacial score (nSPS) is 10.8. The lowest BCUT2D eigenvalue weighted by Crippen LogP contribution is -1.86. The maximum absolute atomic E-state index is 5.25. The molecule has 3 heteroatoms. The highest BCUT2D eigenvalue weighted by Gasteiger charge is 2.15. The van der Waals surface area contributed by atoms with Gasteiger partial charge in [-0.15, -0.1) is 0 Å². The van der Waals surface area contributed by atoms with Gasteiger partial charge in [0.2, 0.25) is 0 Å². The lowest BCUT2D eigenvalue weighted by Gasteiger charge is -2.05. The molecule has 0 spiro atoms. The maximum Gasteiger partial charge on any atom is 0.118 e. The van der Waals surface area contributed by atoms with Gasteiger partial charge in [-0.3, -0.25) is 0 Å². The highest BCUT2D eigenvalue weighted by molar-refractivity contribution is 5.92. The molecule has 23 heavy (non-hydrogen) atoms. The van der Waals surface area contributed by atoms with E-state index in [2.05, 4.69) is 30.3 Å². The van der Waals surface area contributed by atoms with Crippen molar-refractivity contribution in [3.8, 4) is 28.1 Å². The minimum absolute atomic E-state index is 0.846. The Morgan fingerprint density at radius 2 is 1.52 bits per heavy atom. The number of methoxy groups -OCH3 is 1. The van der Waals surface area contributed by atoms with E-state index < -0.39 is 0 Å². The molecule has 0 atom stereocenters. The number of aromatic nitrogens is 2. The Bertz CT molecular complexity index is 940. The second-order valence-corrected chi connectivity index (χ2v) is 5.35. The van der Waals surface area contributed by atoms with Crippen molar-refractivity contribution >= 4 is 5.52 Å². The number of rotatable bonds is 3. The summed E-state index contributed by atoms with van der Waals surface area (Å²) in [6.07, 6.45) is 1.98. The Kier molecular flexibility index (Phi) is 3.31. The van der Waals surface area contributed by atoms with Crippen LogP contribution in [0.3, 0.4) is 0 Å². The van der Waals surface area contributed by atoms with Crippen LogP contribution in [0.25, 0.3) is 27.9 Å². The van der Waals surface area contributed by atoms with Gasteiger partial charge in [-0.1, -0.05) is 36.4 Å². The summed E-state index contributed by atoms with van der Waals surface area (Å²) in [6.45, 7) is 0. The fraction of sp³-hybridized carbons (Fsp3) is 0.0500. The van der Waals surface area contributed by atoms with Crippen molar-refractivity contribution in [2.45, 2.75) is 0 Å². The Morgan fingerprint density at radius 1 is 0.783 bits per heavy atom. The van der Waals surface area contributed by atoms with Crippen LogP contribution in [0.4, 0.5) is 0 Å². The van der Waals surface area contributed by atoms with Crippen LogP contribution in [0.5, 0.6) is 5.75 Å². The third-order valence-electron chi connectivity index (χ3n) is 3.97. The van der Waals surface area contributed by atoms with Crippen LogP contribution in [-0.2, 0) is 0 Å². The van der Waals surface area contributed by atoms with E-state index in [0.717, 1.165) is 28.1 Å². The van der Waals surface area contributed by atoms with Gasteiger partial charge in [0.15, 0.2) is 0 Å². The molecule has 0 radical (unpaired) electrons. The summed E-state index contributed by atoms with van der Waals surface area (Å²) in [4.78, 5) is 0. The summed E-state index contributed by atoms with van der Waals surface area (Å²) in [5.74, 6) is 0.846. The molecule has 0 amide bonds. The first-order chi connectivity index (χ1) is 11.4. The van der Waals surface area contributed by atoms with Crippen molar-refractivity contribution < 1.29 is 4.74 Å². The van der Waals surface area contributed by atoms with E-state index in [1.807, 2.05) is 53.2 Å². The summed E-state index contributed by atoms with van der Waals surface area (Å²) >= 11 is 0. The number of benzene rings is 2. The first-order valence-electron chi connectivity index (χ1n) is 7.54. The van der Waals surface area contributed by atoms with Crippen molar-refractivity contribution in [1.29, 1.82) is 0 Å². The van der Waals surface area contributed by atoms with Crippen LogP contribution < -0.4 is 4.74 Å². The number of hydrogen-bond donors (Lipinski definition) is 0. The lowest BCUT2D eigenvalue weighted by atomic mass is 10.00. The number of ether oxygens (including phenoxy) is 1. The zero-order valence-corrected chi connectivity index (χ0v) is 12.8. The molecule has 4 aromatic rings. The molecule has 0 bridgehead atoms. The molecule has 2 aromatic carbocycles. The lowest BCUT2D eigenvalue weighted by molar-refractivity contribution is 0.415. The molecule has 0 aliphatic carbocycles. The minimum atomic E-state index is 0.846. The summed E-state index contributed by atoms with van der Waals surface area (Å²) in [6, 6.07) is 24.5. The van der Waals surface area contributed by atoms with E-state index in [-0.39, 0.29) is 0 Å². The zero-order chi connectivity index (χ0) is 15.6. The molecule has 0 saturated heterocycles. The van der Waals surface area contributed by atoms with Gasteiger partial charge in [0.1, 0.15) is 11.4 Å². The average molecular weight is 300 g/mol. The highest BCUT2D eigenvalue weighted by atomic mass is 16.5. The molecule has 4 rings (SSSR count). The van der Waals surface area contributed by atoms with Gasteiger partial charge in [0, 0.05) is 17.3 Å². The van der Waals surface area contributed by atoms with E-state index in [1.165, 1.54) is 5.56 Å². The molecule has 0 fully saturated rings. The van der Waals surface area contributed by atoms with Crippen LogP contribution in [-0.4, -0.2) is 16.7 Å². The Hall–Kier alpha value is -3.07. The number of hydrogen-bond acceptors (Lipinski definition) is 2. The third kappa shape index (κ3) is 2.36. The summed E-state index contributed by atoms with van der Waals surface area (Å²) in [5, 5.41) is 4.79. The quantitative estimate of drug-likeness (QED) is 0.549. The highest BCUT2D eigenvalue weighted by Crippen LogP contribution is 2.35. The van der Waals surface area contributed by atoms with E-state index in [9.17, 15) is 0 Å². The second kappa shape index (κ2) is 5.61. The van der Waals surface area contributed by atoms with Crippen molar-refractivity contribution in [2.24, 2.45) is 0 Å². The standard InChI is InChI=1S/C20H16N2O/c1-23-17-12-10-16(11-13-17)20-19(15-7-3-2-4-8-15)18-9-5-6-14-22(18)21-20/h2-14H,1H3. The summed E-state index contributed by atoms with van der Waals surface area (Å²) in [7, 11) is 1.68. The monoisotopic (exact) mass is 300 g/mol. The number of pyridine rings is 1. The van der Waals surface area contributed by atoms with Gasteiger partial charge < -0.3 is 4.74 Å². The molecular weight excluding hydrogens is 284 g/mol. The van der Waals surface area contributed by atoms with Crippen molar-refractivity contribution in [3.63, 3.8) is 0 Å². The van der Waals surface area contributed by atoms with Crippen molar-refractivity contribution in [2.75, 3.05) is 7.11 Å². The molecule has 2 heterocycles. The largest absolute Gasteiger partial charge is 0.497 e. The predicted octanol–water partition coefficient (Wildman–Crippen LogP) is 4.68. The Balaban J connectivity index is 1.98. The molecular formula is C20H16N2O. The van der Waals surface area contributed by atoms with Gasteiger partial charge in [-0.05, 0) is 42.0 Å². The molecule has 112 valence electrons. The fourth-order valence-corrected chi connectivity index (χ4v) is 2.84. The minimum Gasteiger partial charge on any atom is -0.497 e. The predicted molar refractivity (Wildman–Crippen MR) is 92.6 cm³/mol. The third-order valence-corrected chi connectivity index (χ3v) is 3.97. The molecule has 0 aliphatic heterocycles. The first-order valence-corrected chi connectivity index (χ1v) is 7.54. The summed E-state index contributed by atoms with van der Waals surface area (Å²) < 4.78 is 7.19. The van der Waals surface area contributed by atoms with Crippen LogP contribution in [0.1, 0.15) is 0 Å². The molecule has 0 aliphatic rings. The Morgan fingerprint density at radius 3 is 2.26 bits per heavy atom. The molecule has 0 saturated carbocycles. The van der Waals surface area contributed by atoms with Gasteiger partial charge in [-0.25, -0.2) is 4.52 Å². The van der Waals surface area contributed by atoms with Gasteiger partial charge in [0.05, 0.1) is 12.6 Å². The molecule has 0 N–H and O–H groups in total. The second-order valence-electron chi connectivity index (χ2n) is 5.35. The van der Waals surface area contributed by atoms with Crippen molar-refractivity contribution in [1.82, 2.24) is 9.61 Å². The van der Waals surface area contributed by atoms with Gasteiger partial charge in [0.25, 0.3) is 0 Å². The van der Waals surface area contributed by atoms with E-state index in [0.29, 0.717) is 0 Å². The van der Waals surface area contributed by atoms with Crippen LogP contribution in [0.15, 0.2) is 79.0 Å². The number of fused-ring (bicyclic) bond motifs is 1. The zero-order valence-electron chi connectivity index (χ0n) is 12.8. The number of nitrogens with zero attached hydrogens (tertiary/aromatic N) is 2. The van der Waals surface area contributed by atoms with Crippen LogP contribution in [0, 0.1) is 0 Å². The first kappa shape index (κ1) is 13.6.